The molecule has 0 atom stereocenters. The van der Waals surface area contributed by atoms with E-state index in [0.717, 1.165) is 15.7 Å². The fourth-order valence-corrected chi connectivity index (χ4v) is 2.70. The number of hydrogen-bond donors (Lipinski definition) is 1. The summed E-state index contributed by atoms with van der Waals surface area (Å²) >= 11 is 0. The summed E-state index contributed by atoms with van der Waals surface area (Å²) < 4.78 is 2.36. The summed E-state index contributed by atoms with van der Waals surface area (Å²) in [6.45, 7) is 2.10. The summed E-state index contributed by atoms with van der Waals surface area (Å²) in [7, 11) is 1.49. The van der Waals surface area contributed by atoms with E-state index in [9.17, 15) is 14.4 Å². The average Bonchev–Trinajstić information content (AvgIpc) is 2.62. The molecular formula is C18H18N4O3. The van der Waals surface area contributed by atoms with Crippen molar-refractivity contribution in [3.63, 3.8) is 0 Å². The van der Waals surface area contributed by atoms with E-state index in [-0.39, 0.29) is 12.5 Å². The van der Waals surface area contributed by atoms with E-state index in [1.165, 1.54) is 17.8 Å². The Morgan fingerprint density at radius 1 is 1.16 bits per heavy atom. The van der Waals surface area contributed by atoms with Gasteiger partial charge >= 0.3 is 11.1 Å². The Morgan fingerprint density at radius 2 is 1.96 bits per heavy atom. The second-order valence-electron chi connectivity index (χ2n) is 5.87. The molecule has 7 nitrogen and oxygen atoms in total. The van der Waals surface area contributed by atoms with Crippen LogP contribution in [0.25, 0.3) is 11.2 Å². The largest absolute Gasteiger partial charge is 0.350 e. The van der Waals surface area contributed by atoms with Crippen LogP contribution in [0.3, 0.4) is 0 Å². The molecule has 0 fully saturated rings. The summed E-state index contributed by atoms with van der Waals surface area (Å²) in [6.07, 6.45) is 1.54. The van der Waals surface area contributed by atoms with Crippen LogP contribution in [0.1, 0.15) is 11.1 Å². The highest BCUT2D eigenvalue weighted by atomic mass is 16.2. The molecule has 0 aliphatic rings. The van der Waals surface area contributed by atoms with Crippen LogP contribution in [-0.4, -0.2) is 20.0 Å². The van der Waals surface area contributed by atoms with Crippen LogP contribution < -0.4 is 16.4 Å². The molecule has 1 N–H and O–H groups in total. The number of fused-ring (bicyclic) bond motifs is 1. The maximum absolute atomic E-state index is 12.3. The van der Waals surface area contributed by atoms with Crippen molar-refractivity contribution in [1.82, 2.24) is 19.4 Å². The van der Waals surface area contributed by atoms with Crippen LogP contribution in [0.5, 0.6) is 0 Å². The molecule has 0 saturated heterocycles. The Balaban J connectivity index is 1.86. The lowest BCUT2D eigenvalue weighted by molar-refractivity contribution is -0.121. The van der Waals surface area contributed by atoms with Crippen LogP contribution in [-0.2, 0) is 24.9 Å². The quantitative estimate of drug-likeness (QED) is 0.710. The molecule has 25 heavy (non-hydrogen) atoms. The molecule has 7 heteroatoms. The summed E-state index contributed by atoms with van der Waals surface area (Å²) in [6, 6.07) is 11.1. The van der Waals surface area contributed by atoms with Crippen molar-refractivity contribution in [3.8, 4) is 0 Å². The lowest BCUT2D eigenvalue weighted by Crippen LogP contribution is -2.43. The maximum atomic E-state index is 12.3. The Morgan fingerprint density at radius 3 is 2.72 bits per heavy atom. The van der Waals surface area contributed by atoms with Gasteiger partial charge in [0, 0.05) is 19.8 Å². The van der Waals surface area contributed by atoms with Crippen LogP contribution in [0, 0.1) is 6.92 Å². The zero-order valence-corrected chi connectivity index (χ0v) is 14.0. The number of pyridine rings is 1. The predicted molar refractivity (Wildman–Crippen MR) is 94.3 cm³/mol. The first-order chi connectivity index (χ1) is 12.0. The van der Waals surface area contributed by atoms with Crippen molar-refractivity contribution in [2.45, 2.75) is 20.0 Å². The first-order valence-corrected chi connectivity index (χ1v) is 7.84. The first kappa shape index (κ1) is 16.6. The number of aryl methyl sites for hydroxylation is 2. The number of nitrogens with zero attached hydrogens (tertiary/aromatic N) is 3. The Hall–Kier alpha value is -3.22. The van der Waals surface area contributed by atoms with E-state index in [2.05, 4.69) is 10.3 Å². The number of rotatable bonds is 4. The minimum atomic E-state index is -0.742. The third kappa shape index (κ3) is 3.35. The molecule has 0 unspecified atom stereocenters. The van der Waals surface area contributed by atoms with Gasteiger partial charge < -0.3 is 5.32 Å². The average molecular weight is 338 g/mol. The fourth-order valence-electron chi connectivity index (χ4n) is 2.70. The van der Waals surface area contributed by atoms with Crippen LogP contribution in [0.4, 0.5) is 0 Å². The normalized spacial score (nSPS) is 10.8. The minimum Gasteiger partial charge on any atom is -0.350 e. The standard InChI is InChI=1S/C18H18N4O3/c1-12-5-3-6-13(9-12)10-20-15(23)11-22-14-7-4-8-19-16(14)21(2)17(24)18(22)25/h3-9H,10-11H2,1-2H3,(H,20,23). The zero-order valence-electron chi connectivity index (χ0n) is 14.0. The number of nitrogens with one attached hydrogen (secondary N) is 1. The molecule has 128 valence electrons. The summed E-state index contributed by atoms with van der Waals surface area (Å²) in [5.74, 6) is -0.345. The summed E-state index contributed by atoms with van der Waals surface area (Å²) in [5, 5.41) is 2.77. The van der Waals surface area contributed by atoms with Gasteiger partial charge in [-0.25, -0.2) is 4.98 Å². The van der Waals surface area contributed by atoms with Gasteiger partial charge in [0.1, 0.15) is 6.54 Å². The molecule has 0 aliphatic carbocycles. The van der Waals surface area contributed by atoms with E-state index < -0.39 is 11.1 Å². The Kier molecular flexibility index (Phi) is 4.47. The number of carbonyl (C=O) groups excluding carboxylic acids is 1. The van der Waals surface area contributed by atoms with Gasteiger partial charge in [-0.05, 0) is 24.6 Å². The minimum absolute atomic E-state index is 0.233. The lowest BCUT2D eigenvalue weighted by Gasteiger charge is -2.12. The van der Waals surface area contributed by atoms with Gasteiger partial charge in [0.25, 0.3) is 0 Å². The number of hydrogen-bond acceptors (Lipinski definition) is 4. The molecule has 3 aromatic rings. The number of aromatic nitrogens is 3. The third-order valence-corrected chi connectivity index (χ3v) is 3.98. The topological polar surface area (TPSA) is 86.0 Å². The monoisotopic (exact) mass is 338 g/mol. The van der Waals surface area contributed by atoms with Gasteiger partial charge in [-0.1, -0.05) is 29.8 Å². The predicted octanol–water partition coefficient (Wildman–Crippen LogP) is 0.720. The third-order valence-electron chi connectivity index (χ3n) is 3.98. The van der Waals surface area contributed by atoms with Crippen molar-refractivity contribution in [3.05, 3.63) is 74.4 Å². The van der Waals surface area contributed by atoms with Gasteiger partial charge in [0.15, 0.2) is 5.65 Å². The van der Waals surface area contributed by atoms with E-state index in [1.54, 1.807) is 12.1 Å². The van der Waals surface area contributed by atoms with Crippen LogP contribution in [0.2, 0.25) is 0 Å². The van der Waals surface area contributed by atoms with Crippen molar-refractivity contribution < 1.29 is 4.79 Å². The SMILES string of the molecule is Cc1cccc(CNC(=O)Cn2c(=O)c(=O)n(C)c3ncccc32)c1. The molecule has 1 amide bonds. The van der Waals surface area contributed by atoms with Crippen molar-refractivity contribution in [2.75, 3.05) is 0 Å². The zero-order chi connectivity index (χ0) is 18.0. The molecule has 2 heterocycles. The second kappa shape index (κ2) is 6.72. The summed E-state index contributed by atoms with van der Waals surface area (Å²) in [5.41, 5.74) is 1.42. The number of carbonyl (C=O) groups is 1. The molecular weight excluding hydrogens is 320 g/mol. The number of amides is 1. The highest BCUT2D eigenvalue weighted by Crippen LogP contribution is 2.06. The highest BCUT2D eigenvalue weighted by Gasteiger charge is 2.14. The van der Waals surface area contributed by atoms with Gasteiger partial charge in [0.2, 0.25) is 5.91 Å². The summed E-state index contributed by atoms with van der Waals surface area (Å²) in [4.78, 5) is 40.7. The second-order valence-corrected chi connectivity index (χ2v) is 5.87. The molecule has 0 saturated carbocycles. The maximum Gasteiger partial charge on any atom is 0.317 e. The van der Waals surface area contributed by atoms with Crippen LogP contribution >= 0.6 is 0 Å². The first-order valence-electron chi connectivity index (χ1n) is 7.84. The van der Waals surface area contributed by atoms with E-state index >= 15 is 0 Å². The molecule has 0 aliphatic heterocycles. The molecule has 3 rings (SSSR count). The lowest BCUT2D eigenvalue weighted by atomic mass is 10.1. The van der Waals surface area contributed by atoms with Gasteiger partial charge in [-0.2, -0.15) is 0 Å². The Labute approximate surface area is 143 Å². The molecule has 2 aromatic heterocycles. The van der Waals surface area contributed by atoms with E-state index in [1.807, 2.05) is 31.2 Å². The van der Waals surface area contributed by atoms with Crippen molar-refractivity contribution in [1.29, 1.82) is 0 Å². The Bertz CT molecular complexity index is 1070. The van der Waals surface area contributed by atoms with Crippen LogP contribution in [0.15, 0.2) is 52.2 Å². The van der Waals surface area contributed by atoms with Crippen molar-refractivity contribution >= 4 is 17.1 Å². The van der Waals surface area contributed by atoms with E-state index in [0.29, 0.717) is 17.7 Å². The molecule has 0 spiro atoms. The number of benzene rings is 1. The molecule has 0 radical (unpaired) electrons. The highest BCUT2D eigenvalue weighted by molar-refractivity contribution is 5.78. The van der Waals surface area contributed by atoms with Crippen molar-refractivity contribution in [2.24, 2.45) is 7.05 Å². The van der Waals surface area contributed by atoms with E-state index in [4.69, 9.17) is 0 Å². The van der Waals surface area contributed by atoms with Gasteiger partial charge in [-0.3, -0.25) is 23.5 Å². The fraction of sp³-hybridized carbons (Fsp3) is 0.222. The molecule has 1 aromatic carbocycles. The van der Waals surface area contributed by atoms with Gasteiger partial charge in [0.05, 0.1) is 5.52 Å². The van der Waals surface area contributed by atoms with Gasteiger partial charge in [-0.15, -0.1) is 0 Å². The smallest absolute Gasteiger partial charge is 0.317 e. The molecule has 0 bridgehead atoms.